The van der Waals surface area contributed by atoms with E-state index in [4.69, 9.17) is 0 Å². The van der Waals surface area contributed by atoms with Crippen LogP contribution in [-0.2, 0) is 0 Å². The van der Waals surface area contributed by atoms with E-state index in [1.807, 2.05) is 0 Å². The van der Waals surface area contributed by atoms with Crippen molar-refractivity contribution < 1.29 is 13.9 Å². The molecular weight excluding hydrogens is 286 g/mol. The van der Waals surface area contributed by atoms with Crippen molar-refractivity contribution in [2.45, 2.75) is 20.0 Å². The Hall–Kier alpha value is -0.780. The molecule has 2 aliphatic heterocycles. The number of alkyl halides is 2. The van der Waals surface area contributed by atoms with Crippen LogP contribution in [-0.4, -0.2) is 73.6 Å². The van der Waals surface area contributed by atoms with Gasteiger partial charge in [0.15, 0.2) is 0 Å². The van der Waals surface area contributed by atoms with Crippen LogP contribution in [0.5, 0.6) is 0 Å². The third-order valence-electron chi connectivity index (χ3n) is 4.55. The van der Waals surface area contributed by atoms with Gasteiger partial charge in [-0.05, 0) is 12.3 Å². The molecule has 5 heteroatoms. The molecule has 3 nitrogen and oxygen atoms in total. The SMILES string of the molecule is C.C=C1CN(CC(O)CN2CC(=C)C(CCF)C2)CC1CF. The summed E-state index contributed by atoms with van der Waals surface area (Å²) < 4.78 is 25.2. The summed E-state index contributed by atoms with van der Waals surface area (Å²) >= 11 is 0. The van der Waals surface area contributed by atoms with Gasteiger partial charge in [-0.2, -0.15) is 0 Å². The second-order valence-electron chi connectivity index (χ2n) is 6.38. The Morgan fingerprint density at radius 3 is 2.00 bits per heavy atom. The molecule has 0 amide bonds. The molecule has 1 N–H and O–H groups in total. The zero-order valence-electron chi connectivity index (χ0n) is 12.6. The predicted octanol–water partition coefficient (Wildman–Crippen LogP) is 2.29. The lowest BCUT2D eigenvalue weighted by Gasteiger charge is -2.24. The Labute approximate surface area is 133 Å². The average Bonchev–Trinajstić information content (AvgIpc) is 2.93. The number of likely N-dealkylation sites (tertiary alicyclic amines) is 2. The quantitative estimate of drug-likeness (QED) is 0.730. The van der Waals surface area contributed by atoms with Gasteiger partial charge in [-0.1, -0.05) is 31.7 Å². The van der Waals surface area contributed by atoms with Crippen molar-refractivity contribution in [3.8, 4) is 0 Å². The molecule has 2 aliphatic rings. The zero-order valence-corrected chi connectivity index (χ0v) is 12.6. The summed E-state index contributed by atoms with van der Waals surface area (Å²) in [5.74, 6) is 0.127. The minimum atomic E-state index is -0.479. The van der Waals surface area contributed by atoms with E-state index < -0.39 is 6.10 Å². The molecule has 2 heterocycles. The minimum absolute atomic E-state index is 0. The van der Waals surface area contributed by atoms with Gasteiger partial charge in [0.2, 0.25) is 0 Å². The molecule has 2 rings (SSSR count). The molecule has 0 aromatic carbocycles. The summed E-state index contributed by atoms with van der Waals surface area (Å²) in [7, 11) is 0. The van der Waals surface area contributed by atoms with Gasteiger partial charge in [-0.25, -0.2) is 0 Å². The van der Waals surface area contributed by atoms with E-state index in [-0.39, 0.29) is 32.6 Å². The van der Waals surface area contributed by atoms with Gasteiger partial charge >= 0.3 is 0 Å². The van der Waals surface area contributed by atoms with Crippen LogP contribution in [0.1, 0.15) is 13.8 Å². The van der Waals surface area contributed by atoms with Gasteiger partial charge in [0.1, 0.15) is 0 Å². The van der Waals surface area contributed by atoms with E-state index in [1.54, 1.807) is 0 Å². The lowest BCUT2D eigenvalue weighted by molar-refractivity contribution is 0.0874. The molecule has 0 bridgehead atoms. The lowest BCUT2D eigenvalue weighted by atomic mass is 10.0. The van der Waals surface area contributed by atoms with Gasteiger partial charge in [0.05, 0.1) is 19.5 Å². The molecule has 0 aliphatic carbocycles. The maximum Gasteiger partial charge on any atom is 0.0972 e. The van der Waals surface area contributed by atoms with Gasteiger partial charge in [-0.3, -0.25) is 18.6 Å². The Morgan fingerprint density at radius 2 is 1.55 bits per heavy atom. The molecule has 3 atom stereocenters. The Bertz CT molecular complexity index is 389. The lowest BCUT2D eigenvalue weighted by Crippen LogP contribution is -2.39. The van der Waals surface area contributed by atoms with Crippen LogP contribution in [0, 0.1) is 11.8 Å². The Balaban J connectivity index is 0.00000242. The summed E-state index contributed by atoms with van der Waals surface area (Å²) in [6, 6.07) is 0. The van der Waals surface area contributed by atoms with E-state index in [0.717, 1.165) is 24.2 Å². The monoisotopic (exact) mass is 316 g/mol. The molecule has 22 heavy (non-hydrogen) atoms. The summed E-state index contributed by atoms with van der Waals surface area (Å²) in [5, 5.41) is 10.2. The highest BCUT2D eigenvalue weighted by molar-refractivity contribution is 5.11. The topological polar surface area (TPSA) is 26.7 Å². The molecule has 128 valence electrons. The molecule has 3 unspecified atom stereocenters. The fraction of sp³-hybridized carbons (Fsp3) is 0.765. The van der Waals surface area contributed by atoms with E-state index in [0.29, 0.717) is 32.6 Å². The largest absolute Gasteiger partial charge is 0.390 e. The van der Waals surface area contributed by atoms with Gasteiger partial charge in [0, 0.05) is 45.2 Å². The number of aliphatic hydroxyl groups is 1. The van der Waals surface area contributed by atoms with Gasteiger partial charge in [-0.15, -0.1) is 0 Å². The van der Waals surface area contributed by atoms with E-state index in [1.165, 1.54) is 0 Å². The van der Waals surface area contributed by atoms with E-state index in [9.17, 15) is 13.9 Å². The first kappa shape index (κ1) is 19.3. The molecular formula is C17H30F2N2O. The van der Waals surface area contributed by atoms with Crippen LogP contribution in [0.2, 0.25) is 0 Å². The van der Waals surface area contributed by atoms with Crippen LogP contribution in [0.15, 0.2) is 24.3 Å². The average molecular weight is 316 g/mol. The Kier molecular flexibility index (Phi) is 7.66. The van der Waals surface area contributed by atoms with E-state index >= 15 is 0 Å². The Morgan fingerprint density at radius 1 is 1.05 bits per heavy atom. The number of hydrogen-bond donors (Lipinski definition) is 1. The van der Waals surface area contributed by atoms with Crippen molar-refractivity contribution >= 4 is 0 Å². The van der Waals surface area contributed by atoms with Crippen LogP contribution in [0.4, 0.5) is 8.78 Å². The number of nitrogens with zero attached hydrogens (tertiary/aromatic N) is 2. The summed E-state index contributed by atoms with van der Waals surface area (Å²) in [5.41, 5.74) is 1.98. The van der Waals surface area contributed by atoms with Crippen molar-refractivity contribution in [1.29, 1.82) is 0 Å². The molecule has 0 radical (unpaired) electrons. The highest BCUT2D eigenvalue weighted by atomic mass is 19.1. The van der Waals surface area contributed by atoms with Crippen molar-refractivity contribution in [3.05, 3.63) is 24.3 Å². The first-order chi connectivity index (χ1) is 10.0. The number of hydrogen-bond acceptors (Lipinski definition) is 3. The fourth-order valence-electron chi connectivity index (χ4n) is 3.36. The molecule has 0 aromatic rings. The summed E-state index contributed by atoms with van der Waals surface area (Å²) in [6.07, 6.45) is 0.0447. The maximum absolute atomic E-state index is 12.7. The second-order valence-corrected chi connectivity index (χ2v) is 6.38. The number of aliphatic hydroxyl groups excluding tert-OH is 1. The minimum Gasteiger partial charge on any atom is -0.390 e. The smallest absolute Gasteiger partial charge is 0.0972 e. The van der Waals surface area contributed by atoms with Crippen molar-refractivity contribution in [1.82, 2.24) is 9.80 Å². The van der Waals surface area contributed by atoms with Gasteiger partial charge < -0.3 is 5.11 Å². The highest BCUT2D eigenvalue weighted by Crippen LogP contribution is 2.25. The van der Waals surface area contributed by atoms with Crippen molar-refractivity contribution in [2.24, 2.45) is 11.8 Å². The third kappa shape index (κ3) is 4.86. The molecule has 0 aromatic heterocycles. The summed E-state index contributed by atoms with van der Waals surface area (Å²) in [6.45, 7) is 11.1. The van der Waals surface area contributed by atoms with Gasteiger partial charge in [0.25, 0.3) is 0 Å². The summed E-state index contributed by atoms with van der Waals surface area (Å²) in [4.78, 5) is 4.19. The van der Waals surface area contributed by atoms with Crippen LogP contribution < -0.4 is 0 Å². The third-order valence-corrected chi connectivity index (χ3v) is 4.55. The molecule has 0 spiro atoms. The van der Waals surface area contributed by atoms with Crippen LogP contribution >= 0.6 is 0 Å². The van der Waals surface area contributed by atoms with Crippen LogP contribution in [0.25, 0.3) is 0 Å². The normalized spacial score (nSPS) is 28.1. The van der Waals surface area contributed by atoms with Crippen molar-refractivity contribution in [2.75, 3.05) is 52.6 Å². The number of halogens is 2. The first-order valence-corrected chi connectivity index (χ1v) is 7.63. The van der Waals surface area contributed by atoms with E-state index in [2.05, 4.69) is 23.0 Å². The molecule has 0 saturated carbocycles. The zero-order chi connectivity index (χ0) is 15.4. The predicted molar refractivity (Wildman–Crippen MR) is 87.4 cm³/mol. The molecule has 2 fully saturated rings. The number of rotatable bonds is 7. The maximum atomic E-state index is 12.7. The standard InChI is InChI=1S/C16H26F2N2O.CH4/c1-12-6-19(8-14(12)3-4-17)10-16(21)11-20-7-13(2)15(5-18)9-20;/h14-16,21H,1-11H2;1H4. The molecule has 2 saturated heterocycles. The first-order valence-electron chi connectivity index (χ1n) is 7.63. The van der Waals surface area contributed by atoms with Crippen LogP contribution in [0.3, 0.4) is 0 Å². The number of β-amino-alcohol motifs (C(OH)–C–C–N with tert-alkyl or cyclic N) is 1. The highest BCUT2D eigenvalue weighted by Gasteiger charge is 2.30. The van der Waals surface area contributed by atoms with Crippen molar-refractivity contribution in [3.63, 3.8) is 0 Å². The fourth-order valence-corrected chi connectivity index (χ4v) is 3.36. The second kappa shape index (κ2) is 8.75.